The molecule has 0 fully saturated rings. The Bertz CT molecular complexity index is 343. The molecule has 84 valence electrons. The second-order valence-electron chi connectivity index (χ2n) is 4.17. The van der Waals surface area contributed by atoms with E-state index in [1.807, 2.05) is 20.8 Å². The average molecular weight is 210 g/mol. The Morgan fingerprint density at radius 2 is 2.33 bits per heavy atom. The van der Waals surface area contributed by atoms with Crippen molar-refractivity contribution in [2.75, 3.05) is 6.54 Å². The highest BCUT2D eigenvalue weighted by Gasteiger charge is 2.20. The van der Waals surface area contributed by atoms with Gasteiger partial charge >= 0.3 is 0 Å². The van der Waals surface area contributed by atoms with Crippen LogP contribution in [0.25, 0.3) is 0 Å². The van der Waals surface area contributed by atoms with Crippen LogP contribution in [0.15, 0.2) is 6.07 Å². The number of amides is 1. The summed E-state index contributed by atoms with van der Waals surface area (Å²) in [7, 11) is 0. The number of hydrogen-bond donors (Lipinski definition) is 3. The van der Waals surface area contributed by atoms with Gasteiger partial charge in [0.2, 0.25) is 0 Å². The first-order chi connectivity index (χ1) is 6.98. The number of hydrogen-bond acceptors (Lipinski definition) is 3. The number of H-pyrrole nitrogens is 1. The zero-order chi connectivity index (χ0) is 11.5. The Labute approximate surface area is 89.4 Å². The smallest absolute Gasteiger partial charge is 0.272 e. The van der Waals surface area contributed by atoms with Gasteiger partial charge in [0, 0.05) is 17.8 Å². The molecule has 0 spiro atoms. The second kappa shape index (κ2) is 4.44. The highest BCUT2D eigenvalue weighted by molar-refractivity contribution is 5.92. The maximum Gasteiger partial charge on any atom is 0.272 e. The number of rotatable bonds is 4. The fourth-order valence-corrected chi connectivity index (χ4v) is 1.08. The molecule has 15 heavy (non-hydrogen) atoms. The Balaban J connectivity index is 2.69. The summed E-state index contributed by atoms with van der Waals surface area (Å²) in [5.41, 5.74) is 6.48. The van der Waals surface area contributed by atoms with Gasteiger partial charge in [-0.15, -0.1) is 0 Å². The van der Waals surface area contributed by atoms with Crippen LogP contribution in [0.5, 0.6) is 0 Å². The van der Waals surface area contributed by atoms with Crippen LogP contribution in [0.4, 0.5) is 0 Å². The molecule has 0 radical (unpaired) electrons. The highest BCUT2D eigenvalue weighted by Crippen LogP contribution is 2.04. The third kappa shape index (κ3) is 3.06. The van der Waals surface area contributed by atoms with E-state index < -0.39 is 5.54 Å². The van der Waals surface area contributed by atoms with Crippen LogP contribution >= 0.6 is 0 Å². The number of carbonyl (C=O) groups is 1. The zero-order valence-electron chi connectivity index (χ0n) is 9.42. The lowest BCUT2D eigenvalue weighted by Gasteiger charge is -2.23. The molecule has 5 nitrogen and oxygen atoms in total. The van der Waals surface area contributed by atoms with Crippen molar-refractivity contribution in [3.63, 3.8) is 0 Å². The fourth-order valence-electron chi connectivity index (χ4n) is 1.08. The van der Waals surface area contributed by atoms with Gasteiger partial charge in [-0.25, -0.2) is 0 Å². The average Bonchev–Trinajstić information content (AvgIpc) is 2.65. The predicted octanol–water partition coefficient (Wildman–Crippen LogP) is 0.439. The number of aromatic amines is 1. The summed E-state index contributed by atoms with van der Waals surface area (Å²) in [6.45, 7) is 6.14. The number of aryl methyl sites for hydroxylation is 1. The molecule has 1 rings (SSSR count). The van der Waals surface area contributed by atoms with Crippen molar-refractivity contribution in [3.8, 4) is 0 Å². The van der Waals surface area contributed by atoms with E-state index in [1.165, 1.54) is 0 Å². The van der Waals surface area contributed by atoms with E-state index in [9.17, 15) is 4.79 Å². The van der Waals surface area contributed by atoms with Crippen LogP contribution in [0.3, 0.4) is 0 Å². The molecule has 0 aromatic carbocycles. The molecule has 4 N–H and O–H groups in total. The predicted molar refractivity (Wildman–Crippen MR) is 58.6 cm³/mol. The Hall–Kier alpha value is -1.36. The van der Waals surface area contributed by atoms with Crippen molar-refractivity contribution in [1.29, 1.82) is 0 Å². The van der Waals surface area contributed by atoms with E-state index in [2.05, 4.69) is 15.5 Å². The first-order valence-corrected chi connectivity index (χ1v) is 5.05. The third-order valence-corrected chi connectivity index (χ3v) is 2.21. The molecule has 1 amide bonds. The summed E-state index contributed by atoms with van der Waals surface area (Å²) < 4.78 is 0. The quantitative estimate of drug-likeness (QED) is 0.674. The Morgan fingerprint density at radius 1 is 1.67 bits per heavy atom. The van der Waals surface area contributed by atoms with E-state index in [0.717, 1.165) is 12.1 Å². The Kier molecular flexibility index (Phi) is 3.47. The zero-order valence-corrected chi connectivity index (χ0v) is 9.42. The minimum Gasteiger partial charge on any atom is -0.344 e. The minimum atomic E-state index is -0.400. The van der Waals surface area contributed by atoms with Gasteiger partial charge in [0.1, 0.15) is 5.69 Å². The van der Waals surface area contributed by atoms with E-state index >= 15 is 0 Å². The largest absolute Gasteiger partial charge is 0.344 e. The van der Waals surface area contributed by atoms with Gasteiger partial charge in [-0.3, -0.25) is 9.89 Å². The first-order valence-electron chi connectivity index (χ1n) is 5.05. The number of aromatic nitrogens is 2. The SMILES string of the molecule is CCc1cc(C(=O)NC(C)(C)CN)n[nH]1. The van der Waals surface area contributed by atoms with Crippen LogP contribution in [-0.4, -0.2) is 28.2 Å². The van der Waals surface area contributed by atoms with Crippen molar-refractivity contribution < 1.29 is 4.79 Å². The van der Waals surface area contributed by atoms with Gasteiger partial charge in [0.15, 0.2) is 0 Å². The van der Waals surface area contributed by atoms with Gasteiger partial charge < -0.3 is 11.1 Å². The summed E-state index contributed by atoms with van der Waals surface area (Å²) >= 11 is 0. The maximum absolute atomic E-state index is 11.7. The second-order valence-corrected chi connectivity index (χ2v) is 4.17. The topological polar surface area (TPSA) is 83.8 Å². The number of carbonyl (C=O) groups excluding carboxylic acids is 1. The molecular weight excluding hydrogens is 192 g/mol. The molecule has 1 heterocycles. The highest BCUT2D eigenvalue weighted by atomic mass is 16.2. The number of nitrogens with two attached hydrogens (primary N) is 1. The van der Waals surface area contributed by atoms with E-state index in [4.69, 9.17) is 5.73 Å². The standard InChI is InChI=1S/C10H18N4O/c1-4-7-5-8(14-13-7)9(15)12-10(2,3)6-11/h5H,4,6,11H2,1-3H3,(H,12,15)(H,13,14). The normalized spacial score (nSPS) is 11.5. The third-order valence-electron chi connectivity index (χ3n) is 2.21. The molecule has 1 aromatic rings. The molecule has 0 saturated carbocycles. The summed E-state index contributed by atoms with van der Waals surface area (Å²) in [4.78, 5) is 11.7. The molecule has 0 bridgehead atoms. The summed E-state index contributed by atoms with van der Waals surface area (Å²) in [6.07, 6.45) is 0.834. The molecule has 0 aliphatic heterocycles. The lowest BCUT2D eigenvalue weighted by Crippen LogP contribution is -2.48. The van der Waals surface area contributed by atoms with Gasteiger partial charge in [-0.2, -0.15) is 5.10 Å². The van der Waals surface area contributed by atoms with Gasteiger partial charge in [0.25, 0.3) is 5.91 Å². The molecular formula is C10H18N4O. The number of nitrogens with one attached hydrogen (secondary N) is 2. The van der Waals surface area contributed by atoms with Crippen molar-refractivity contribution in [2.45, 2.75) is 32.7 Å². The van der Waals surface area contributed by atoms with E-state index in [-0.39, 0.29) is 5.91 Å². The van der Waals surface area contributed by atoms with Crippen molar-refractivity contribution in [2.24, 2.45) is 5.73 Å². The molecule has 5 heteroatoms. The number of nitrogens with zero attached hydrogens (tertiary/aromatic N) is 1. The molecule has 0 aliphatic rings. The first kappa shape index (κ1) is 11.7. The van der Waals surface area contributed by atoms with Gasteiger partial charge in [0.05, 0.1) is 0 Å². The minimum absolute atomic E-state index is 0.193. The van der Waals surface area contributed by atoms with Gasteiger partial charge in [-0.05, 0) is 26.3 Å². The van der Waals surface area contributed by atoms with Crippen molar-refractivity contribution in [3.05, 3.63) is 17.5 Å². The summed E-state index contributed by atoms with van der Waals surface area (Å²) in [6, 6.07) is 1.75. The lowest BCUT2D eigenvalue weighted by atomic mass is 10.1. The molecule has 0 atom stereocenters. The van der Waals surface area contributed by atoms with Crippen LogP contribution < -0.4 is 11.1 Å². The van der Waals surface area contributed by atoms with Gasteiger partial charge in [-0.1, -0.05) is 6.92 Å². The van der Waals surface area contributed by atoms with E-state index in [0.29, 0.717) is 12.2 Å². The maximum atomic E-state index is 11.7. The van der Waals surface area contributed by atoms with Crippen LogP contribution in [0, 0.1) is 0 Å². The molecule has 0 aliphatic carbocycles. The monoisotopic (exact) mass is 210 g/mol. The fraction of sp³-hybridized carbons (Fsp3) is 0.600. The van der Waals surface area contributed by atoms with Crippen LogP contribution in [0.1, 0.15) is 37.0 Å². The molecule has 0 saturated heterocycles. The van der Waals surface area contributed by atoms with Crippen LogP contribution in [0.2, 0.25) is 0 Å². The van der Waals surface area contributed by atoms with E-state index in [1.54, 1.807) is 6.07 Å². The molecule has 0 unspecified atom stereocenters. The lowest BCUT2D eigenvalue weighted by molar-refractivity contribution is 0.0910. The summed E-state index contributed by atoms with van der Waals surface area (Å²) in [5, 5.41) is 9.54. The van der Waals surface area contributed by atoms with Crippen LogP contribution in [-0.2, 0) is 6.42 Å². The molecule has 1 aromatic heterocycles. The summed E-state index contributed by atoms with van der Waals surface area (Å²) in [5.74, 6) is -0.193. The van der Waals surface area contributed by atoms with Crippen molar-refractivity contribution >= 4 is 5.91 Å². The Morgan fingerprint density at radius 3 is 2.80 bits per heavy atom. The van der Waals surface area contributed by atoms with Crippen molar-refractivity contribution in [1.82, 2.24) is 15.5 Å².